The van der Waals surface area contributed by atoms with Crippen LogP contribution in [0.25, 0.3) is 22.2 Å². The van der Waals surface area contributed by atoms with Crippen LogP contribution in [0.5, 0.6) is 0 Å². The van der Waals surface area contributed by atoms with Crippen molar-refractivity contribution in [3.05, 3.63) is 94.9 Å². The quantitative estimate of drug-likeness (QED) is 0.591. The molecular formula is C23H19N3O2. The largest absolute Gasteiger partial charge is 0.349 e. The average Bonchev–Trinajstić information content (AvgIpc) is 2.70. The lowest BCUT2D eigenvalue weighted by Crippen LogP contribution is -2.30. The van der Waals surface area contributed by atoms with Gasteiger partial charge in [-0.25, -0.2) is 4.79 Å². The minimum absolute atomic E-state index is 0.102. The molecule has 0 aliphatic rings. The highest BCUT2D eigenvalue weighted by atomic mass is 16.2. The van der Waals surface area contributed by atoms with Crippen LogP contribution in [0.1, 0.15) is 5.56 Å². The Hall–Kier alpha value is -3.73. The van der Waals surface area contributed by atoms with E-state index in [4.69, 9.17) is 0 Å². The van der Waals surface area contributed by atoms with E-state index in [1.807, 2.05) is 85.8 Å². The minimum atomic E-state index is -0.447. The van der Waals surface area contributed by atoms with Crippen molar-refractivity contribution in [1.29, 1.82) is 0 Å². The summed E-state index contributed by atoms with van der Waals surface area (Å²) in [4.78, 5) is 29.6. The number of amides is 1. The van der Waals surface area contributed by atoms with Crippen molar-refractivity contribution in [2.24, 2.45) is 0 Å². The summed E-state index contributed by atoms with van der Waals surface area (Å²) < 4.78 is 1.41. The number of carbonyl (C=O) groups is 1. The first kappa shape index (κ1) is 17.7. The van der Waals surface area contributed by atoms with Crippen molar-refractivity contribution >= 4 is 22.5 Å². The number of fused-ring (bicyclic) bond motifs is 1. The van der Waals surface area contributed by atoms with Crippen molar-refractivity contribution in [3.63, 3.8) is 0 Å². The average molecular weight is 369 g/mol. The summed E-state index contributed by atoms with van der Waals surface area (Å²) in [5.74, 6) is -0.271. The van der Waals surface area contributed by atoms with Crippen molar-refractivity contribution < 1.29 is 4.79 Å². The van der Waals surface area contributed by atoms with Gasteiger partial charge in [0, 0.05) is 16.6 Å². The second-order valence-corrected chi connectivity index (χ2v) is 6.63. The Morgan fingerprint density at radius 2 is 1.71 bits per heavy atom. The monoisotopic (exact) mass is 369 g/mol. The van der Waals surface area contributed by atoms with Crippen LogP contribution >= 0.6 is 0 Å². The number of rotatable bonds is 4. The molecule has 0 aliphatic carbocycles. The number of para-hydroxylation sites is 1. The molecule has 4 rings (SSSR count). The van der Waals surface area contributed by atoms with E-state index in [0.717, 1.165) is 16.5 Å². The molecule has 0 aliphatic heterocycles. The zero-order valence-corrected chi connectivity index (χ0v) is 15.4. The van der Waals surface area contributed by atoms with Crippen LogP contribution in [-0.2, 0) is 11.3 Å². The van der Waals surface area contributed by atoms with Crippen molar-refractivity contribution in [2.75, 3.05) is 5.32 Å². The van der Waals surface area contributed by atoms with E-state index >= 15 is 0 Å². The molecule has 138 valence electrons. The molecular weight excluding hydrogens is 350 g/mol. The lowest BCUT2D eigenvalue weighted by atomic mass is 10.1. The Kier molecular flexibility index (Phi) is 4.72. The molecule has 0 spiro atoms. The Morgan fingerprint density at radius 1 is 0.964 bits per heavy atom. The molecule has 0 unspecified atom stereocenters. The van der Waals surface area contributed by atoms with E-state index in [0.29, 0.717) is 16.9 Å². The minimum Gasteiger partial charge on any atom is -0.325 e. The number of benzene rings is 3. The van der Waals surface area contributed by atoms with E-state index < -0.39 is 5.69 Å². The fourth-order valence-corrected chi connectivity index (χ4v) is 3.26. The molecule has 0 saturated heterocycles. The summed E-state index contributed by atoms with van der Waals surface area (Å²) in [6.45, 7) is 1.86. The molecule has 28 heavy (non-hydrogen) atoms. The third kappa shape index (κ3) is 3.55. The van der Waals surface area contributed by atoms with Crippen LogP contribution in [0.2, 0.25) is 0 Å². The third-order valence-electron chi connectivity index (χ3n) is 4.54. The van der Waals surface area contributed by atoms with E-state index in [9.17, 15) is 9.59 Å². The number of carbonyl (C=O) groups excluding carboxylic acids is 1. The normalized spacial score (nSPS) is 10.8. The first-order valence-electron chi connectivity index (χ1n) is 9.03. The number of aryl methyl sites for hydroxylation is 1. The summed E-state index contributed by atoms with van der Waals surface area (Å²) >= 11 is 0. The van der Waals surface area contributed by atoms with Gasteiger partial charge in [-0.2, -0.15) is 4.98 Å². The van der Waals surface area contributed by atoms with Gasteiger partial charge in [0.15, 0.2) is 0 Å². The molecule has 0 atom stereocenters. The van der Waals surface area contributed by atoms with E-state index in [-0.39, 0.29) is 12.5 Å². The number of aromatic nitrogens is 2. The second kappa shape index (κ2) is 7.48. The summed E-state index contributed by atoms with van der Waals surface area (Å²) in [6.07, 6.45) is 0. The number of nitrogens with zero attached hydrogens (tertiary/aromatic N) is 2. The molecule has 4 aromatic rings. The molecule has 0 bridgehead atoms. The maximum atomic E-state index is 12.7. The second-order valence-electron chi connectivity index (χ2n) is 6.63. The Morgan fingerprint density at radius 3 is 2.50 bits per heavy atom. The molecule has 1 N–H and O–H groups in total. The van der Waals surface area contributed by atoms with Gasteiger partial charge in [0.25, 0.3) is 0 Å². The lowest BCUT2D eigenvalue weighted by Gasteiger charge is -2.13. The number of anilines is 1. The first-order chi connectivity index (χ1) is 13.6. The van der Waals surface area contributed by atoms with Gasteiger partial charge >= 0.3 is 5.69 Å². The molecule has 1 aromatic heterocycles. The SMILES string of the molecule is Cc1cccc(NC(=O)Cn2c(=O)nc(-c3ccccc3)c3ccccc32)c1. The molecule has 1 amide bonds. The summed E-state index contributed by atoms with van der Waals surface area (Å²) in [6, 6.07) is 24.6. The van der Waals surface area contributed by atoms with Crippen LogP contribution in [-0.4, -0.2) is 15.5 Å². The van der Waals surface area contributed by atoms with Crippen molar-refractivity contribution in [1.82, 2.24) is 9.55 Å². The fraction of sp³-hybridized carbons (Fsp3) is 0.0870. The summed E-state index contributed by atoms with van der Waals surface area (Å²) in [5.41, 5.74) is 3.48. The Bertz CT molecular complexity index is 1210. The summed E-state index contributed by atoms with van der Waals surface area (Å²) in [5, 5.41) is 3.67. The number of hydrogen-bond donors (Lipinski definition) is 1. The highest BCUT2D eigenvalue weighted by molar-refractivity contribution is 5.95. The van der Waals surface area contributed by atoms with Crippen LogP contribution in [0.15, 0.2) is 83.7 Å². The highest BCUT2D eigenvalue weighted by Crippen LogP contribution is 2.25. The maximum Gasteiger partial charge on any atom is 0.349 e. The fourth-order valence-electron chi connectivity index (χ4n) is 3.26. The van der Waals surface area contributed by atoms with E-state index in [1.165, 1.54) is 4.57 Å². The molecule has 0 saturated carbocycles. The zero-order chi connectivity index (χ0) is 19.5. The highest BCUT2D eigenvalue weighted by Gasteiger charge is 2.14. The molecule has 0 fully saturated rings. The van der Waals surface area contributed by atoms with E-state index in [1.54, 1.807) is 0 Å². The van der Waals surface area contributed by atoms with Crippen LogP contribution in [0.3, 0.4) is 0 Å². The van der Waals surface area contributed by atoms with Gasteiger partial charge in [0.2, 0.25) is 5.91 Å². The predicted octanol–water partition coefficient (Wildman–Crippen LogP) is 4.01. The number of hydrogen-bond acceptors (Lipinski definition) is 3. The van der Waals surface area contributed by atoms with Gasteiger partial charge in [0.05, 0.1) is 11.2 Å². The standard InChI is InChI=1S/C23H19N3O2/c1-16-8-7-11-18(14-16)24-21(27)15-26-20-13-6-5-12-19(20)22(25-23(26)28)17-9-3-2-4-10-17/h2-14H,15H2,1H3,(H,24,27). The van der Waals surface area contributed by atoms with Crippen LogP contribution in [0, 0.1) is 6.92 Å². The third-order valence-corrected chi connectivity index (χ3v) is 4.54. The molecule has 3 aromatic carbocycles. The van der Waals surface area contributed by atoms with Gasteiger partial charge in [-0.1, -0.05) is 60.7 Å². The smallest absolute Gasteiger partial charge is 0.325 e. The van der Waals surface area contributed by atoms with Crippen LogP contribution < -0.4 is 11.0 Å². The van der Waals surface area contributed by atoms with Gasteiger partial charge in [-0.15, -0.1) is 0 Å². The Balaban J connectivity index is 1.73. The Labute approximate surface area is 162 Å². The maximum absolute atomic E-state index is 12.7. The first-order valence-corrected chi connectivity index (χ1v) is 9.03. The molecule has 5 heteroatoms. The van der Waals surface area contributed by atoms with E-state index in [2.05, 4.69) is 10.3 Å². The van der Waals surface area contributed by atoms with Crippen LogP contribution in [0.4, 0.5) is 5.69 Å². The summed E-state index contributed by atoms with van der Waals surface area (Å²) in [7, 11) is 0. The molecule has 0 radical (unpaired) electrons. The molecule has 1 heterocycles. The van der Waals surface area contributed by atoms with Gasteiger partial charge in [0.1, 0.15) is 6.54 Å². The molecule has 5 nitrogen and oxygen atoms in total. The zero-order valence-electron chi connectivity index (χ0n) is 15.4. The van der Waals surface area contributed by atoms with Gasteiger partial charge < -0.3 is 5.32 Å². The number of nitrogens with one attached hydrogen (secondary N) is 1. The van der Waals surface area contributed by atoms with Crippen molar-refractivity contribution in [3.8, 4) is 11.3 Å². The van der Waals surface area contributed by atoms with Gasteiger partial charge in [-0.3, -0.25) is 9.36 Å². The van der Waals surface area contributed by atoms with Gasteiger partial charge in [-0.05, 0) is 30.7 Å². The lowest BCUT2D eigenvalue weighted by molar-refractivity contribution is -0.116. The van der Waals surface area contributed by atoms with Crippen molar-refractivity contribution in [2.45, 2.75) is 13.5 Å². The predicted molar refractivity (Wildman–Crippen MR) is 111 cm³/mol. The topological polar surface area (TPSA) is 64.0 Å².